The van der Waals surface area contributed by atoms with Crippen LogP contribution in [0.2, 0.25) is 0 Å². The second kappa shape index (κ2) is 10.5. The average Bonchev–Trinajstić information content (AvgIpc) is 2.56. The Morgan fingerprint density at radius 2 is 1.72 bits per heavy atom. The highest BCUT2D eigenvalue weighted by Crippen LogP contribution is 2.23. The molecule has 1 aromatic rings. The van der Waals surface area contributed by atoms with Crippen LogP contribution in [0.5, 0.6) is 0 Å². The van der Waals surface area contributed by atoms with Gasteiger partial charge in [0, 0.05) is 6.04 Å². The van der Waals surface area contributed by atoms with E-state index >= 15 is 0 Å². The predicted octanol–water partition coefficient (Wildman–Crippen LogP) is -0.551. The number of carbonyl (C=O) groups is 1. The fourth-order valence-corrected chi connectivity index (χ4v) is 4.04. The number of nitrogens with one attached hydrogen (secondary N) is 1. The molecule has 5 N–H and O–H groups in total. The van der Waals surface area contributed by atoms with E-state index in [1.807, 2.05) is 30.3 Å². The first kappa shape index (κ1) is 25.5. The molecule has 0 aromatic heterocycles. The molecule has 0 heterocycles. The summed E-state index contributed by atoms with van der Waals surface area (Å²) >= 11 is 0. The number of nitrogens with two attached hydrogens (primary N) is 2. The normalized spacial score (nSPS) is 16.6. The first-order chi connectivity index (χ1) is 13.3. The summed E-state index contributed by atoms with van der Waals surface area (Å²) < 4.78 is 56.6. The van der Waals surface area contributed by atoms with Crippen LogP contribution in [-0.2, 0) is 39.8 Å². The Bertz CT molecular complexity index is 876. The molecule has 1 rings (SSSR count). The summed E-state index contributed by atoms with van der Waals surface area (Å²) in [5, 5.41) is 2.57. The SMILES string of the molecule is C[C@@H](Cc1ccccc1)NC(=O)[C@@](N)(OS(C)(=O)=O)C(CCCN)OS(C)(=O)=O. The fraction of sp³-hybridized carbons (Fsp3) is 0.588. The van der Waals surface area contributed by atoms with Gasteiger partial charge in [-0.05, 0) is 38.3 Å². The van der Waals surface area contributed by atoms with Crippen molar-refractivity contribution in [2.75, 3.05) is 19.1 Å². The van der Waals surface area contributed by atoms with Crippen LogP contribution in [0.3, 0.4) is 0 Å². The van der Waals surface area contributed by atoms with E-state index in [0.29, 0.717) is 12.7 Å². The van der Waals surface area contributed by atoms with E-state index in [0.717, 1.165) is 11.8 Å². The maximum atomic E-state index is 12.9. The summed E-state index contributed by atoms with van der Waals surface area (Å²) in [6.07, 6.45) is 0.409. The van der Waals surface area contributed by atoms with Crippen molar-refractivity contribution in [1.29, 1.82) is 0 Å². The predicted molar refractivity (Wildman–Crippen MR) is 109 cm³/mol. The van der Waals surface area contributed by atoms with Crippen molar-refractivity contribution in [1.82, 2.24) is 5.32 Å². The Morgan fingerprint density at radius 3 is 2.21 bits per heavy atom. The van der Waals surface area contributed by atoms with Crippen LogP contribution < -0.4 is 16.8 Å². The van der Waals surface area contributed by atoms with Crippen LogP contribution in [0, 0.1) is 0 Å². The number of hydrogen-bond acceptors (Lipinski definition) is 9. The Labute approximate surface area is 172 Å². The Balaban J connectivity index is 3.15. The molecule has 0 spiro atoms. The minimum Gasteiger partial charge on any atom is -0.349 e. The molecule has 166 valence electrons. The summed E-state index contributed by atoms with van der Waals surface area (Å²) in [6.45, 7) is 1.84. The topological polar surface area (TPSA) is 168 Å². The Hall–Kier alpha value is -1.57. The Kier molecular flexibility index (Phi) is 9.18. The average molecular weight is 452 g/mol. The maximum absolute atomic E-state index is 12.9. The van der Waals surface area contributed by atoms with Crippen molar-refractivity contribution in [2.45, 2.75) is 44.1 Å². The molecule has 1 unspecified atom stereocenters. The standard InChI is InChI=1S/C17H29N3O7S2/c1-13(12-14-8-5-4-6-9-14)20-16(21)17(19,27-29(3,24)25)15(10-7-11-18)26-28(2,22)23/h4-6,8-9,13,15H,7,10-12,18-19H2,1-3H3,(H,20,21)/t13-,15?,17-/m0/s1. The van der Waals surface area contributed by atoms with E-state index in [4.69, 9.17) is 19.8 Å². The van der Waals surface area contributed by atoms with Crippen molar-refractivity contribution >= 4 is 26.1 Å². The summed E-state index contributed by atoms with van der Waals surface area (Å²) in [7, 11) is -8.32. The van der Waals surface area contributed by atoms with Crippen LogP contribution >= 0.6 is 0 Å². The largest absolute Gasteiger partial charge is 0.349 e. The third-order valence-electron chi connectivity index (χ3n) is 3.85. The lowest BCUT2D eigenvalue weighted by atomic mass is 10.0. The lowest BCUT2D eigenvalue weighted by molar-refractivity contribution is -0.145. The minimum absolute atomic E-state index is 0.115. The first-order valence-corrected chi connectivity index (χ1v) is 12.5. The van der Waals surface area contributed by atoms with Gasteiger partial charge in [0.15, 0.2) is 0 Å². The van der Waals surface area contributed by atoms with E-state index in [1.54, 1.807) is 6.92 Å². The Morgan fingerprint density at radius 1 is 1.14 bits per heavy atom. The molecule has 29 heavy (non-hydrogen) atoms. The molecule has 0 fully saturated rings. The van der Waals surface area contributed by atoms with Crippen molar-refractivity contribution < 1.29 is 30.0 Å². The maximum Gasteiger partial charge on any atom is 0.271 e. The highest BCUT2D eigenvalue weighted by molar-refractivity contribution is 7.86. The molecule has 10 nitrogen and oxygen atoms in total. The molecule has 0 aliphatic carbocycles. The molecule has 0 aliphatic rings. The highest BCUT2D eigenvalue weighted by atomic mass is 32.2. The van der Waals surface area contributed by atoms with Gasteiger partial charge < -0.3 is 11.1 Å². The van der Waals surface area contributed by atoms with E-state index in [-0.39, 0.29) is 19.4 Å². The zero-order valence-electron chi connectivity index (χ0n) is 16.7. The molecular weight excluding hydrogens is 422 g/mol. The van der Waals surface area contributed by atoms with Crippen LogP contribution in [-0.4, -0.2) is 59.7 Å². The summed E-state index contributed by atoms with van der Waals surface area (Å²) in [5.74, 6) is -1.02. The summed E-state index contributed by atoms with van der Waals surface area (Å²) in [6, 6.07) is 8.80. The number of amides is 1. The molecule has 12 heteroatoms. The van der Waals surface area contributed by atoms with Gasteiger partial charge in [-0.1, -0.05) is 30.3 Å². The number of benzene rings is 1. The zero-order valence-corrected chi connectivity index (χ0v) is 18.3. The van der Waals surface area contributed by atoms with Gasteiger partial charge in [-0.3, -0.25) is 14.7 Å². The zero-order chi connectivity index (χ0) is 22.3. The highest BCUT2D eigenvalue weighted by Gasteiger charge is 2.49. The molecule has 0 radical (unpaired) electrons. The quantitative estimate of drug-likeness (QED) is 0.279. The first-order valence-electron chi connectivity index (χ1n) is 8.89. The molecule has 0 aliphatic heterocycles. The number of hydrogen-bond donors (Lipinski definition) is 3. The van der Waals surface area contributed by atoms with Gasteiger partial charge in [-0.2, -0.15) is 16.8 Å². The van der Waals surface area contributed by atoms with Crippen LogP contribution in [0.25, 0.3) is 0 Å². The summed E-state index contributed by atoms with van der Waals surface area (Å²) in [5.41, 5.74) is 9.80. The second-order valence-corrected chi connectivity index (χ2v) is 10.0. The second-order valence-electron chi connectivity index (χ2n) is 6.86. The van der Waals surface area contributed by atoms with Crippen molar-refractivity contribution in [3.05, 3.63) is 35.9 Å². The van der Waals surface area contributed by atoms with Gasteiger partial charge in [0.2, 0.25) is 5.72 Å². The van der Waals surface area contributed by atoms with Crippen LogP contribution in [0.1, 0.15) is 25.3 Å². The van der Waals surface area contributed by atoms with E-state index in [2.05, 4.69) is 5.32 Å². The number of rotatable bonds is 12. The molecule has 0 saturated carbocycles. The van der Waals surface area contributed by atoms with E-state index in [9.17, 15) is 21.6 Å². The molecule has 1 amide bonds. The van der Waals surface area contributed by atoms with Crippen molar-refractivity contribution in [3.63, 3.8) is 0 Å². The summed E-state index contributed by atoms with van der Waals surface area (Å²) in [4.78, 5) is 12.9. The fourth-order valence-electron chi connectivity index (χ4n) is 2.69. The molecule has 0 bridgehead atoms. The van der Waals surface area contributed by atoms with Crippen LogP contribution in [0.15, 0.2) is 30.3 Å². The van der Waals surface area contributed by atoms with Crippen LogP contribution in [0.4, 0.5) is 0 Å². The lowest BCUT2D eigenvalue weighted by Gasteiger charge is -2.34. The monoisotopic (exact) mass is 451 g/mol. The molecular formula is C17H29N3O7S2. The molecule has 3 atom stereocenters. The molecule has 0 saturated heterocycles. The van der Waals surface area contributed by atoms with E-state index < -0.39 is 44.0 Å². The van der Waals surface area contributed by atoms with Gasteiger partial charge in [-0.25, -0.2) is 4.18 Å². The van der Waals surface area contributed by atoms with E-state index in [1.165, 1.54) is 0 Å². The van der Waals surface area contributed by atoms with Crippen molar-refractivity contribution in [2.24, 2.45) is 11.5 Å². The van der Waals surface area contributed by atoms with Gasteiger partial charge in [-0.15, -0.1) is 0 Å². The van der Waals surface area contributed by atoms with Gasteiger partial charge in [0.05, 0.1) is 12.5 Å². The van der Waals surface area contributed by atoms with Gasteiger partial charge in [0.1, 0.15) is 6.10 Å². The lowest BCUT2D eigenvalue weighted by Crippen LogP contribution is -2.66. The smallest absolute Gasteiger partial charge is 0.271 e. The van der Waals surface area contributed by atoms with Gasteiger partial charge in [0.25, 0.3) is 26.1 Å². The third-order valence-corrected chi connectivity index (χ3v) is 5.01. The van der Waals surface area contributed by atoms with Crippen molar-refractivity contribution in [3.8, 4) is 0 Å². The molecule has 1 aromatic carbocycles. The number of carbonyl (C=O) groups excluding carboxylic acids is 1. The minimum atomic E-state index is -4.24. The third kappa shape index (κ3) is 9.19. The van der Waals surface area contributed by atoms with Gasteiger partial charge >= 0.3 is 0 Å².